The topological polar surface area (TPSA) is 54.6 Å². The highest BCUT2D eigenvalue weighted by Crippen LogP contribution is 2.32. The molecule has 0 unspecified atom stereocenters. The van der Waals surface area contributed by atoms with E-state index < -0.39 is 11.8 Å². The van der Waals surface area contributed by atoms with Gasteiger partial charge >= 0.3 is 5.97 Å². The number of aryl methyl sites for hydroxylation is 1. The van der Waals surface area contributed by atoms with Crippen LogP contribution in [0.15, 0.2) is 34.9 Å². The van der Waals surface area contributed by atoms with Gasteiger partial charge in [0, 0.05) is 27.3 Å². The lowest BCUT2D eigenvalue weighted by Crippen LogP contribution is -2.05. The zero-order valence-electron chi connectivity index (χ0n) is 12.0. The van der Waals surface area contributed by atoms with Gasteiger partial charge in [0.05, 0.1) is 17.8 Å². The van der Waals surface area contributed by atoms with Crippen molar-refractivity contribution in [2.45, 2.75) is 13.3 Å². The lowest BCUT2D eigenvalue weighted by atomic mass is 10.0. The van der Waals surface area contributed by atoms with E-state index in [0.29, 0.717) is 37.7 Å². The number of halogens is 3. The van der Waals surface area contributed by atoms with E-state index in [0.717, 1.165) is 0 Å². The third kappa shape index (κ3) is 2.96. The van der Waals surface area contributed by atoms with Gasteiger partial charge in [-0.25, -0.2) is 9.37 Å². The Labute approximate surface area is 144 Å². The van der Waals surface area contributed by atoms with Crippen LogP contribution in [0, 0.1) is 12.7 Å². The van der Waals surface area contributed by atoms with Crippen molar-refractivity contribution in [1.29, 1.82) is 0 Å². The van der Waals surface area contributed by atoms with Crippen LogP contribution in [0.3, 0.4) is 0 Å². The lowest BCUT2D eigenvalue weighted by molar-refractivity contribution is -0.136. The van der Waals surface area contributed by atoms with Crippen molar-refractivity contribution in [2.75, 3.05) is 0 Å². The summed E-state index contributed by atoms with van der Waals surface area (Å²) in [5.74, 6) is -1.48. The summed E-state index contributed by atoms with van der Waals surface area (Å²) in [6.45, 7) is 1.75. The maximum absolute atomic E-state index is 14.5. The van der Waals surface area contributed by atoms with Crippen LogP contribution in [0.2, 0.25) is 5.02 Å². The molecule has 0 amide bonds. The lowest BCUT2D eigenvalue weighted by Gasteiger charge is -2.08. The van der Waals surface area contributed by atoms with Crippen LogP contribution in [0.5, 0.6) is 0 Å². The number of carboxylic acids is 1. The Hall–Kier alpha value is -1.92. The van der Waals surface area contributed by atoms with E-state index in [2.05, 4.69) is 20.9 Å². The second kappa shape index (κ2) is 5.94. The summed E-state index contributed by atoms with van der Waals surface area (Å²) in [5, 5.41) is 9.66. The van der Waals surface area contributed by atoms with E-state index in [1.807, 2.05) is 0 Å². The number of hydrogen-bond donors (Lipinski definition) is 1. The van der Waals surface area contributed by atoms with Gasteiger partial charge in [-0.3, -0.25) is 4.79 Å². The number of carboxylic acid groups (broad SMARTS) is 1. The van der Waals surface area contributed by atoms with Crippen LogP contribution < -0.4 is 0 Å². The van der Waals surface area contributed by atoms with Gasteiger partial charge in [0.25, 0.3) is 0 Å². The molecule has 23 heavy (non-hydrogen) atoms. The van der Waals surface area contributed by atoms with Gasteiger partial charge in [0.1, 0.15) is 11.5 Å². The van der Waals surface area contributed by atoms with Crippen LogP contribution in [0.1, 0.15) is 11.3 Å². The molecule has 0 saturated carbocycles. The average molecular weight is 398 g/mol. The minimum absolute atomic E-state index is 0.271. The summed E-state index contributed by atoms with van der Waals surface area (Å²) in [5.41, 5.74) is 2.17. The summed E-state index contributed by atoms with van der Waals surface area (Å²) in [7, 11) is 0. The quantitative estimate of drug-likeness (QED) is 0.708. The number of imidazole rings is 1. The van der Waals surface area contributed by atoms with Crippen molar-refractivity contribution >= 4 is 39.1 Å². The molecule has 3 rings (SSSR count). The minimum atomic E-state index is -1.02. The van der Waals surface area contributed by atoms with E-state index in [-0.39, 0.29) is 6.42 Å². The highest BCUT2D eigenvalue weighted by Gasteiger charge is 2.21. The Balaban J connectivity index is 2.34. The molecule has 0 aliphatic heterocycles. The summed E-state index contributed by atoms with van der Waals surface area (Å²) in [4.78, 5) is 15.6. The molecule has 0 aliphatic rings. The molecule has 0 bridgehead atoms. The normalized spacial score (nSPS) is 11.1. The van der Waals surface area contributed by atoms with Crippen LogP contribution in [-0.4, -0.2) is 20.5 Å². The number of nitrogens with zero attached hydrogens (tertiary/aromatic N) is 2. The van der Waals surface area contributed by atoms with Gasteiger partial charge in [-0.1, -0.05) is 27.5 Å². The molecule has 0 saturated heterocycles. The standard InChI is InChI=1S/C16H11BrClFN2O2/c1-8-4-9(17)5-11(19)15(8)16-12(7-14(22)23)21-3-2-10(18)6-13(21)20-16/h2-6H,7H2,1H3,(H,22,23). The fourth-order valence-corrected chi connectivity index (χ4v) is 3.28. The van der Waals surface area contributed by atoms with Crippen molar-refractivity contribution in [3.05, 3.63) is 57.0 Å². The summed E-state index contributed by atoms with van der Waals surface area (Å²) >= 11 is 9.21. The predicted octanol–water partition coefficient (Wildman–Crippen LogP) is 4.49. The van der Waals surface area contributed by atoms with E-state index in [9.17, 15) is 14.3 Å². The molecule has 7 heteroatoms. The first-order valence-corrected chi connectivity index (χ1v) is 7.88. The van der Waals surface area contributed by atoms with Crippen LogP contribution in [0.25, 0.3) is 16.9 Å². The molecular formula is C16H11BrClFN2O2. The SMILES string of the molecule is Cc1cc(Br)cc(F)c1-c1nc2cc(Cl)ccn2c1CC(=O)O. The zero-order chi connectivity index (χ0) is 16.7. The van der Waals surface area contributed by atoms with Gasteiger partial charge in [0.2, 0.25) is 0 Å². The van der Waals surface area contributed by atoms with Crippen LogP contribution in [-0.2, 0) is 11.2 Å². The summed E-state index contributed by atoms with van der Waals surface area (Å²) < 4.78 is 16.7. The minimum Gasteiger partial charge on any atom is -0.481 e. The van der Waals surface area contributed by atoms with Crippen molar-refractivity contribution < 1.29 is 14.3 Å². The highest BCUT2D eigenvalue weighted by molar-refractivity contribution is 9.10. The first kappa shape index (κ1) is 16.0. The smallest absolute Gasteiger partial charge is 0.309 e. The molecule has 0 spiro atoms. The number of carbonyl (C=O) groups is 1. The second-order valence-corrected chi connectivity index (χ2v) is 6.48. The fraction of sp³-hybridized carbons (Fsp3) is 0.125. The molecule has 0 atom stereocenters. The molecule has 4 nitrogen and oxygen atoms in total. The maximum atomic E-state index is 14.5. The second-order valence-electron chi connectivity index (χ2n) is 5.13. The Morgan fingerprint density at radius 3 is 2.83 bits per heavy atom. The first-order chi connectivity index (χ1) is 10.9. The molecule has 0 radical (unpaired) electrons. The molecule has 3 aromatic rings. The number of benzene rings is 1. The first-order valence-electron chi connectivity index (χ1n) is 6.71. The third-order valence-corrected chi connectivity index (χ3v) is 4.19. The van der Waals surface area contributed by atoms with E-state index >= 15 is 0 Å². The van der Waals surface area contributed by atoms with Crippen molar-refractivity contribution in [1.82, 2.24) is 9.38 Å². The van der Waals surface area contributed by atoms with E-state index in [1.165, 1.54) is 6.07 Å². The molecule has 2 heterocycles. The Bertz CT molecular complexity index is 916. The van der Waals surface area contributed by atoms with Gasteiger partial charge in [-0.15, -0.1) is 0 Å². The number of hydrogen-bond acceptors (Lipinski definition) is 2. The molecule has 2 aromatic heterocycles. The molecule has 0 fully saturated rings. The highest BCUT2D eigenvalue weighted by atomic mass is 79.9. The van der Waals surface area contributed by atoms with Gasteiger partial charge in [-0.2, -0.15) is 0 Å². The van der Waals surface area contributed by atoms with Gasteiger partial charge in [0.15, 0.2) is 0 Å². The molecular weight excluding hydrogens is 387 g/mol. The van der Waals surface area contributed by atoms with Gasteiger partial charge < -0.3 is 9.51 Å². The number of pyridine rings is 1. The Kier molecular flexibility index (Phi) is 4.12. The van der Waals surface area contributed by atoms with E-state index in [4.69, 9.17) is 11.6 Å². The Morgan fingerprint density at radius 2 is 2.17 bits per heavy atom. The fourth-order valence-electron chi connectivity index (χ4n) is 2.59. The zero-order valence-corrected chi connectivity index (χ0v) is 14.3. The van der Waals surface area contributed by atoms with Crippen LogP contribution >= 0.6 is 27.5 Å². The predicted molar refractivity (Wildman–Crippen MR) is 89.4 cm³/mol. The average Bonchev–Trinajstić information content (AvgIpc) is 2.74. The van der Waals surface area contributed by atoms with Gasteiger partial charge in [-0.05, 0) is 30.7 Å². The maximum Gasteiger partial charge on any atom is 0.309 e. The van der Waals surface area contributed by atoms with Crippen LogP contribution in [0.4, 0.5) is 4.39 Å². The Morgan fingerprint density at radius 1 is 1.43 bits per heavy atom. The number of aliphatic carboxylic acids is 1. The van der Waals surface area contributed by atoms with Crippen molar-refractivity contribution in [3.63, 3.8) is 0 Å². The van der Waals surface area contributed by atoms with Crippen molar-refractivity contribution in [2.24, 2.45) is 0 Å². The number of fused-ring (bicyclic) bond motifs is 1. The molecule has 1 N–H and O–H groups in total. The number of aromatic nitrogens is 2. The number of rotatable bonds is 3. The summed E-state index contributed by atoms with van der Waals surface area (Å²) in [6, 6.07) is 6.35. The summed E-state index contributed by atoms with van der Waals surface area (Å²) in [6.07, 6.45) is 1.37. The molecule has 1 aromatic carbocycles. The molecule has 0 aliphatic carbocycles. The van der Waals surface area contributed by atoms with Crippen molar-refractivity contribution in [3.8, 4) is 11.3 Å². The van der Waals surface area contributed by atoms with E-state index in [1.54, 1.807) is 35.7 Å². The monoisotopic (exact) mass is 396 g/mol. The molecule has 118 valence electrons. The largest absolute Gasteiger partial charge is 0.481 e. The third-order valence-electron chi connectivity index (χ3n) is 3.49.